The first-order valence-electron chi connectivity index (χ1n) is 7.44. The molecule has 1 aromatic heterocycles. The van der Waals surface area contributed by atoms with E-state index in [9.17, 15) is 0 Å². The Kier molecular flexibility index (Phi) is 4.59. The lowest BCUT2D eigenvalue weighted by Gasteiger charge is -2.34. The molecule has 0 radical (unpaired) electrons. The first kappa shape index (κ1) is 14.9. The Hall–Kier alpha value is -2.07. The number of aromatic nitrogens is 1. The van der Waals surface area contributed by atoms with E-state index in [2.05, 4.69) is 21.0 Å². The van der Waals surface area contributed by atoms with E-state index >= 15 is 0 Å². The van der Waals surface area contributed by atoms with Crippen molar-refractivity contribution >= 4 is 23.1 Å². The van der Waals surface area contributed by atoms with Gasteiger partial charge in [-0.05, 0) is 36.8 Å². The molecule has 5 heteroatoms. The van der Waals surface area contributed by atoms with E-state index in [0.717, 1.165) is 48.3 Å². The molecule has 4 nitrogen and oxygen atoms in total. The van der Waals surface area contributed by atoms with Crippen LogP contribution in [0.4, 0.5) is 5.82 Å². The van der Waals surface area contributed by atoms with Crippen LogP contribution in [0.2, 0.25) is 5.02 Å². The number of piperazine rings is 1. The predicted molar refractivity (Wildman–Crippen MR) is 91.7 cm³/mol. The fraction of sp³-hybridized carbons (Fsp3) is 0.294. The molecule has 1 aliphatic rings. The van der Waals surface area contributed by atoms with Gasteiger partial charge in [-0.3, -0.25) is 5.01 Å². The Bertz CT molecular complexity index is 631. The van der Waals surface area contributed by atoms with Gasteiger partial charge < -0.3 is 4.90 Å². The second kappa shape index (κ2) is 6.79. The Balaban J connectivity index is 1.61. The maximum atomic E-state index is 5.92. The van der Waals surface area contributed by atoms with Gasteiger partial charge in [0.15, 0.2) is 0 Å². The Labute approximate surface area is 136 Å². The lowest BCUT2D eigenvalue weighted by atomic mass is 10.1. The van der Waals surface area contributed by atoms with Crippen LogP contribution in [0.1, 0.15) is 12.5 Å². The summed E-state index contributed by atoms with van der Waals surface area (Å²) in [4.78, 5) is 6.70. The fourth-order valence-electron chi connectivity index (χ4n) is 2.53. The van der Waals surface area contributed by atoms with Crippen molar-refractivity contribution in [2.24, 2.45) is 5.10 Å². The number of hydrogen-bond acceptors (Lipinski definition) is 4. The summed E-state index contributed by atoms with van der Waals surface area (Å²) in [6.07, 6.45) is 1.84. The second-order valence-corrected chi connectivity index (χ2v) is 5.76. The van der Waals surface area contributed by atoms with Gasteiger partial charge in [0, 0.05) is 24.3 Å². The summed E-state index contributed by atoms with van der Waals surface area (Å²) in [6, 6.07) is 13.8. The molecule has 2 heterocycles. The van der Waals surface area contributed by atoms with E-state index in [4.69, 9.17) is 16.7 Å². The van der Waals surface area contributed by atoms with Crippen LogP contribution in [0, 0.1) is 0 Å². The fourth-order valence-corrected chi connectivity index (χ4v) is 2.65. The van der Waals surface area contributed by atoms with Gasteiger partial charge in [0.1, 0.15) is 5.82 Å². The maximum absolute atomic E-state index is 5.92. The molecule has 0 saturated carbocycles. The molecule has 0 amide bonds. The standard InChI is InChI=1S/C17H19ClN4/c1-14(15-5-7-16(18)8-6-15)20-22-12-10-21(11-13-22)17-4-2-3-9-19-17/h2-9H,10-13H2,1H3/b20-14+. The van der Waals surface area contributed by atoms with Crippen LogP contribution in [0.15, 0.2) is 53.8 Å². The topological polar surface area (TPSA) is 31.7 Å². The number of anilines is 1. The molecular formula is C17H19ClN4. The molecule has 114 valence electrons. The number of hydrogen-bond donors (Lipinski definition) is 0. The second-order valence-electron chi connectivity index (χ2n) is 5.32. The Morgan fingerprint density at radius 2 is 1.77 bits per heavy atom. The summed E-state index contributed by atoms with van der Waals surface area (Å²) in [6.45, 7) is 5.72. The highest BCUT2D eigenvalue weighted by atomic mass is 35.5. The SMILES string of the molecule is C/C(=N\N1CCN(c2ccccn2)CC1)c1ccc(Cl)cc1. The lowest BCUT2D eigenvalue weighted by Crippen LogP contribution is -2.44. The summed E-state index contributed by atoms with van der Waals surface area (Å²) < 4.78 is 0. The van der Waals surface area contributed by atoms with Crippen LogP contribution >= 0.6 is 11.6 Å². The largest absolute Gasteiger partial charge is 0.353 e. The van der Waals surface area contributed by atoms with Crippen LogP contribution in [0.3, 0.4) is 0 Å². The molecule has 22 heavy (non-hydrogen) atoms. The number of hydrazone groups is 1. The van der Waals surface area contributed by atoms with E-state index in [0.29, 0.717) is 0 Å². The molecule has 0 unspecified atom stereocenters. The van der Waals surface area contributed by atoms with Crippen molar-refractivity contribution in [3.05, 3.63) is 59.2 Å². The third kappa shape index (κ3) is 3.57. The van der Waals surface area contributed by atoms with Crippen LogP contribution in [0.25, 0.3) is 0 Å². The minimum atomic E-state index is 0.750. The first-order chi connectivity index (χ1) is 10.7. The zero-order valence-electron chi connectivity index (χ0n) is 12.6. The molecule has 1 aromatic carbocycles. The molecular weight excluding hydrogens is 296 g/mol. The quantitative estimate of drug-likeness (QED) is 0.815. The third-order valence-electron chi connectivity index (χ3n) is 3.78. The van der Waals surface area contributed by atoms with Crippen molar-refractivity contribution in [1.29, 1.82) is 0 Å². The van der Waals surface area contributed by atoms with Gasteiger partial charge in [-0.25, -0.2) is 4.98 Å². The van der Waals surface area contributed by atoms with E-state index in [1.54, 1.807) is 0 Å². The highest BCUT2D eigenvalue weighted by molar-refractivity contribution is 6.30. The zero-order chi connectivity index (χ0) is 15.4. The van der Waals surface area contributed by atoms with Crippen LogP contribution in [-0.4, -0.2) is 41.9 Å². The lowest BCUT2D eigenvalue weighted by molar-refractivity contribution is 0.270. The Morgan fingerprint density at radius 3 is 2.41 bits per heavy atom. The van der Waals surface area contributed by atoms with Gasteiger partial charge in [0.05, 0.1) is 18.8 Å². The van der Waals surface area contributed by atoms with Gasteiger partial charge >= 0.3 is 0 Å². The molecule has 3 rings (SSSR count). The molecule has 1 fully saturated rings. The molecule has 0 spiro atoms. The van der Waals surface area contributed by atoms with Crippen LogP contribution in [0.5, 0.6) is 0 Å². The minimum absolute atomic E-state index is 0.750. The summed E-state index contributed by atoms with van der Waals surface area (Å²) in [5.41, 5.74) is 2.12. The van der Waals surface area contributed by atoms with Crippen molar-refractivity contribution in [1.82, 2.24) is 9.99 Å². The number of pyridine rings is 1. The van der Waals surface area contributed by atoms with Gasteiger partial charge in [-0.1, -0.05) is 29.8 Å². The summed E-state index contributed by atoms with van der Waals surface area (Å²) in [5, 5.41) is 7.60. The van der Waals surface area contributed by atoms with Crippen LogP contribution < -0.4 is 4.90 Å². The first-order valence-corrected chi connectivity index (χ1v) is 7.82. The van der Waals surface area contributed by atoms with Crippen molar-refractivity contribution in [2.45, 2.75) is 6.92 Å². The van der Waals surface area contributed by atoms with E-state index in [1.807, 2.05) is 49.5 Å². The number of benzene rings is 1. The average Bonchev–Trinajstić information content (AvgIpc) is 2.57. The average molecular weight is 315 g/mol. The van der Waals surface area contributed by atoms with Gasteiger partial charge in [-0.15, -0.1) is 0 Å². The third-order valence-corrected chi connectivity index (χ3v) is 4.03. The molecule has 1 aliphatic heterocycles. The Morgan fingerprint density at radius 1 is 1.05 bits per heavy atom. The number of nitrogens with zero attached hydrogens (tertiary/aromatic N) is 4. The van der Waals surface area contributed by atoms with Crippen molar-refractivity contribution in [3.8, 4) is 0 Å². The van der Waals surface area contributed by atoms with E-state index in [1.165, 1.54) is 0 Å². The molecule has 0 atom stereocenters. The smallest absolute Gasteiger partial charge is 0.128 e. The van der Waals surface area contributed by atoms with E-state index < -0.39 is 0 Å². The summed E-state index contributed by atoms with van der Waals surface area (Å²) in [7, 11) is 0. The van der Waals surface area contributed by atoms with Crippen molar-refractivity contribution < 1.29 is 0 Å². The van der Waals surface area contributed by atoms with Crippen molar-refractivity contribution in [2.75, 3.05) is 31.1 Å². The van der Waals surface area contributed by atoms with Gasteiger partial charge in [0.2, 0.25) is 0 Å². The molecule has 0 N–H and O–H groups in total. The number of halogens is 1. The zero-order valence-corrected chi connectivity index (χ0v) is 13.4. The van der Waals surface area contributed by atoms with Crippen LogP contribution in [-0.2, 0) is 0 Å². The molecule has 2 aromatic rings. The monoisotopic (exact) mass is 314 g/mol. The minimum Gasteiger partial charge on any atom is -0.353 e. The predicted octanol–water partition coefficient (Wildman–Crippen LogP) is 3.28. The highest BCUT2D eigenvalue weighted by Crippen LogP contribution is 2.14. The summed E-state index contributed by atoms with van der Waals surface area (Å²) >= 11 is 5.92. The normalized spacial score (nSPS) is 16.0. The molecule has 0 aliphatic carbocycles. The van der Waals surface area contributed by atoms with Gasteiger partial charge in [0.25, 0.3) is 0 Å². The molecule has 1 saturated heterocycles. The van der Waals surface area contributed by atoms with Crippen molar-refractivity contribution in [3.63, 3.8) is 0 Å². The maximum Gasteiger partial charge on any atom is 0.128 e. The highest BCUT2D eigenvalue weighted by Gasteiger charge is 2.16. The van der Waals surface area contributed by atoms with Gasteiger partial charge in [-0.2, -0.15) is 5.10 Å². The number of rotatable bonds is 3. The molecule has 0 bridgehead atoms. The summed E-state index contributed by atoms with van der Waals surface area (Å²) in [5.74, 6) is 1.04. The van der Waals surface area contributed by atoms with E-state index in [-0.39, 0.29) is 0 Å².